The average Bonchev–Trinajstić information content (AvgIpc) is 2.06. The van der Waals surface area contributed by atoms with E-state index in [9.17, 15) is 0 Å². The predicted octanol–water partition coefficient (Wildman–Crippen LogP) is 2.47. The second-order valence-corrected chi connectivity index (χ2v) is 2.61. The van der Waals surface area contributed by atoms with Gasteiger partial charge in [0, 0.05) is 6.54 Å². The maximum Gasteiger partial charge on any atom is 0.0137 e. The quantitative estimate of drug-likeness (QED) is 0.749. The monoisotopic (exact) mass is 183 g/mol. The Morgan fingerprint density at radius 2 is 1.92 bits per heavy atom. The molecule has 66 valence electrons. The van der Waals surface area contributed by atoms with Gasteiger partial charge in [0.1, 0.15) is 0 Å². The van der Waals surface area contributed by atoms with Crippen molar-refractivity contribution in [2.75, 3.05) is 6.54 Å². The zero-order chi connectivity index (χ0) is 8.10. The maximum atomic E-state index is 5.45. The van der Waals surface area contributed by atoms with E-state index >= 15 is 0 Å². The van der Waals surface area contributed by atoms with E-state index in [1.54, 1.807) is 0 Å². The van der Waals surface area contributed by atoms with Crippen LogP contribution in [0.2, 0.25) is 0 Å². The summed E-state index contributed by atoms with van der Waals surface area (Å²) >= 11 is 0. The summed E-state index contributed by atoms with van der Waals surface area (Å²) in [6.45, 7) is 2.67. The van der Waals surface area contributed by atoms with Crippen molar-refractivity contribution in [1.29, 1.82) is 0 Å². The number of halogens is 1. The van der Waals surface area contributed by atoms with Crippen molar-refractivity contribution in [2.24, 2.45) is 5.73 Å². The van der Waals surface area contributed by atoms with Gasteiger partial charge in [-0.05, 0) is 12.5 Å². The maximum absolute atomic E-state index is 5.45. The van der Waals surface area contributed by atoms with Gasteiger partial charge in [0.2, 0.25) is 0 Å². The number of hydrogen-bond donors (Lipinski definition) is 1. The Balaban J connectivity index is 0.00000121. The molecule has 0 aliphatic carbocycles. The summed E-state index contributed by atoms with van der Waals surface area (Å²) in [5.74, 6) is 0. The molecule has 0 amide bonds. The molecule has 0 aliphatic rings. The molecule has 0 aliphatic heterocycles. The van der Waals surface area contributed by atoms with E-state index in [-0.39, 0.29) is 12.4 Å². The van der Waals surface area contributed by atoms with Crippen LogP contribution in [-0.2, 0) is 0 Å². The van der Waals surface area contributed by atoms with E-state index in [0.29, 0.717) is 6.54 Å². The number of nitrogens with two attached hydrogens (primary N) is 1. The van der Waals surface area contributed by atoms with Gasteiger partial charge in [-0.15, -0.1) is 12.4 Å². The molecule has 12 heavy (non-hydrogen) atoms. The molecule has 1 nitrogen and oxygen atoms in total. The highest BCUT2D eigenvalue weighted by Gasteiger charge is 1.85. The molecule has 0 saturated heterocycles. The molecule has 2 N–H and O–H groups in total. The van der Waals surface area contributed by atoms with Crippen molar-refractivity contribution in [2.45, 2.75) is 6.92 Å². The van der Waals surface area contributed by atoms with Crippen LogP contribution in [0, 0.1) is 0 Å². The topological polar surface area (TPSA) is 26.0 Å². The highest BCUT2D eigenvalue weighted by atomic mass is 35.5. The molecule has 2 heteroatoms. The largest absolute Gasteiger partial charge is 0.327 e. The molecule has 0 heterocycles. The van der Waals surface area contributed by atoms with E-state index < -0.39 is 0 Å². The van der Waals surface area contributed by atoms with Crippen molar-refractivity contribution in [1.82, 2.24) is 0 Å². The molecule has 0 unspecified atom stereocenters. The third kappa shape index (κ3) is 3.56. The minimum absolute atomic E-state index is 0. The lowest BCUT2D eigenvalue weighted by Crippen LogP contribution is -1.98. The lowest BCUT2D eigenvalue weighted by atomic mass is 10.1. The smallest absolute Gasteiger partial charge is 0.0137 e. The first-order chi connectivity index (χ1) is 5.33. The summed E-state index contributed by atoms with van der Waals surface area (Å²) < 4.78 is 0. The zero-order valence-corrected chi connectivity index (χ0v) is 7.97. The van der Waals surface area contributed by atoms with Crippen LogP contribution in [0.25, 0.3) is 6.08 Å². The molecule has 1 rings (SSSR count). The fourth-order valence-electron chi connectivity index (χ4n) is 0.893. The van der Waals surface area contributed by atoms with Crippen molar-refractivity contribution in [3.8, 4) is 0 Å². The van der Waals surface area contributed by atoms with Crippen LogP contribution in [0.5, 0.6) is 0 Å². The van der Waals surface area contributed by atoms with E-state index in [2.05, 4.69) is 18.2 Å². The molecule has 0 saturated carbocycles. The molecule has 1 aromatic carbocycles. The minimum atomic E-state index is 0. The predicted molar refractivity (Wildman–Crippen MR) is 56.4 cm³/mol. The van der Waals surface area contributed by atoms with Crippen molar-refractivity contribution in [3.05, 3.63) is 41.5 Å². The SMILES string of the molecule is C/C(=C/c1ccccc1)CN.Cl. The Labute approximate surface area is 79.7 Å². The van der Waals surface area contributed by atoms with Gasteiger partial charge in [0.05, 0.1) is 0 Å². The van der Waals surface area contributed by atoms with Gasteiger partial charge in [0.25, 0.3) is 0 Å². The van der Waals surface area contributed by atoms with Crippen LogP contribution < -0.4 is 5.73 Å². The Morgan fingerprint density at radius 3 is 2.42 bits per heavy atom. The van der Waals surface area contributed by atoms with Crippen LogP contribution in [0.4, 0.5) is 0 Å². The van der Waals surface area contributed by atoms with Gasteiger partial charge >= 0.3 is 0 Å². The molecule has 0 atom stereocenters. The van der Waals surface area contributed by atoms with Gasteiger partial charge in [-0.2, -0.15) is 0 Å². The second-order valence-electron chi connectivity index (χ2n) is 2.61. The highest BCUT2D eigenvalue weighted by Crippen LogP contribution is 2.04. The number of rotatable bonds is 2. The Kier molecular flexibility index (Phi) is 5.43. The first-order valence-electron chi connectivity index (χ1n) is 3.75. The van der Waals surface area contributed by atoms with Gasteiger partial charge in [-0.3, -0.25) is 0 Å². The lowest BCUT2D eigenvalue weighted by Gasteiger charge is -1.95. The normalized spacial score (nSPS) is 10.7. The summed E-state index contributed by atoms with van der Waals surface area (Å²) in [6.07, 6.45) is 2.10. The van der Waals surface area contributed by atoms with E-state index in [4.69, 9.17) is 5.73 Å². The van der Waals surface area contributed by atoms with Crippen LogP contribution >= 0.6 is 12.4 Å². The highest BCUT2D eigenvalue weighted by molar-refractivity contribution is 5.85. The Hall–Kier alpha value is -0.790. The van der Waals surface area contributed by atoms with Crippen molar-refractivity contribution >= 4 is 18.5 Å². The molecule has 0 radical (unpaired) electrons. The van der Waals surface area contributed by atoms with Gasteiger partial charge < -0.3 is 5.73 Å². The summed E-state index contributed by atoms with van der Waals surface area (Å²) in [5, 5.41) is 0. The molecular weight excluding hydrogens is 170 g/mol. The average molecular weight is 184 g/mol. The van der Waals surface area contributed by atoms with E-state index in [0.717, 1.165) is 0 Å². The fourth-order valence-corrected chi connectivity index (χ4v) is 0.893. The standard InChI is InChI=1S/C10H13N.ClH/c1-9(8-11)7-10-5-3-2-4-6-10;/h2-7H,8,11H2,1H3;1H/b9-7-;. The summed E-state index contributed by atoms with van der Waals surface area (Å²) in [5.41, 5.74) is 7.87. The van der Waals surface area contributed by atoms with Crippen LogP contribution in [0.15, 0.2) is 35.9 Å². The summed E-state index contributed by atoms with van der Waals surface area (Å²) in [6, 6.07) is 10.2. The molecular formula is C10H14ClN. The lowest BCUT2D eigenvalue weighted by molar-refractivity contribution is 1.15. The van der Waals surface area contributed by atoms with Gasteiger partial charge in [-0.25, -0.2) is 0 Å². The summed E-state index contributed by atoms with van der Waals surface area (Å²) in [4.78, 5) is 0. The first kappa shape index (κ1) is 11.2. The Bertz CT molecular complexity index is 241. The van der Waals surface area contributed by atoms with Crippen molar-refractivity contribution < 1.29 is 0 Å². The van der Waals surface area contributed by atoms with Crippen molar-refractivity contribution in [3.63, 3.8) is 0 Å². The molecule has 0 spiro atoms. The third-order valence-electron chi connectivity index (χ3n) is 1.53. The number of benzene rings is 1. The van der Waals surface area contributed by atoms with Gasteiger partial charge in [0.15, 0.2) is 0 Å². The number of hydrogen-bond acceptors (Lipinski definition) is 1. The van der Waals surface area contributed by atoms with E-state index in [1.165, 1.54) is 11.1 Å². The van der Waals surface area contributed by atoms with Gasteiger partial charge in [-0.1, -0.05) is 42.0 Å². The molecule has 1 aromatic rings. The molecule has 0 bridgehead atoms. The zero-order valence-electron chi connectivity index (χ0n) is 7.16. The first-order valence-corrected chi connectivity index (χ1v) is 3.75. The van der Waals surface area contributed by atoms with Crippen LogP contribution in [0.1, 0.15) is 12.5 Å². The molecule has 0 fully saturated rings. The van der Waals surface area contributed by atoms with Crippen LogP contribution in [-0.4, -0.2) is 6.54 Å². The third-order valence-corrected chi connectivity index (χ3v) is 1.53. The summed E-state index contributed by atoms with van der Waals surface area (Å²) in [7, 11) is 0. The fraction of sp³-hybridized carbons (Fsp3) is 0.200. The molecule has 0 aromatic heterocycles. The Morgan fingerprint density at radius 1 is 1.33 bits per heavy atom. The second kappa shape index (κ2) is 5.81. The van der Waals surface area contributed by atoms with E-state index in [1.807, 2.05) is 25.1 Å². The van der Waals surface area contributed by atoms with Crippen LogP contribution in [0.3, 0.4) is 0 Å². The minimum Gasteiger partial charge on any atom is -0.327 e.